The van der Waals surface area contributed by atoms with Crippen molar-refractivity contribution in [2.24, 2.45) is 9.98 Å². The van der Waals surface area contributed by atoms with Crippen molar-refractivity contribution in [3.8, 4) is 5.75 Å². The number of nitrogens with one attached hydrogen (secondary N) is 1. The summed E-state index contributed by atoms with van der Waals surface area (Å²) in [7, 11) is 1.62. The van der Waals surface area contributed by atoms with Gasteiger partial charge >= 0.3 is 6.02 Å². The molecule has 0 spiro atoms. The number of nitrogens with zero attached hydrogens (tertiary/aromatic N) is 3. The third-order valence-electron chi connectivity index (χ3n) is 3.25. The first-order valence-corrected chi connectivity index (χ1v) is 8.24. The van der Waals surface area contributed by atoms with Crippen molar-refractivity contribution in [3.63, 3.8) is 0 Å². The standard InChI is InChI=1S/C19H21ClN4O2/c1-15(21-2)6-5-13-26-19(23-24-12-4-7-16(20)14-24)22-17-8-10-18(25-3)11-9-17/h4-13H,2,14H2,1,3H3,(H,22,23)/b13-5+,15-6+. The van der Waals surface area contributed by atoms with E-state index in [0.717, 1.165) is 11.4 Å². The van der Waals surface area contributed by atoms with Crippen molar-refractivity contribution in [3.05, 3.63) is 71.8 Å². The molecule has 1 heterocycles. The summed E-state index contributed by atoms with van der Waals surface area (Å²) >= 11 is 6.06. The summed E-state index contributed by atoms with van der Waals surface area (Å²) < 4.78 is 10.8. The molecule has 26 heavy (non-hydrogen) atoms. The van der Waals surface area contributed by atoms with Gasteiger partial charge in [0.25, 0.3) is 0 Å². The first-order valence-electron chi connectivity index (χ1n) is 7.86. The maximum Gasteiger partial charge on any atom is 0.314 e. The van der Waals surface area contributed by atoms with Gasteiger partial charge in [-0.3, -0.25) is 15.4 Å². The van der Waals surface area contributed by atoms with Crippen LogP contribution in [0.4, 0.5) is 5.69 Å². The number of benzene rings is 1. The zero-order valence-corrected chi connectivity index (χ0v) is 15.5. The molecule has 0 fully saturated rings. The maximum atomic E-state index is 6.06. The SMILES string of the molecule is C=N/C(C)=C/C=C/OC(=Nc1ccc(OC)cc1)NN1C=CC=C(Cl)C1. The first kappa shape index (κ1) is 19.3. The summed E-state index contributed by atoms with van der Waals surface area (Å²) in [5, 5.41) is 2.47. The molecule has 0 saturated heterocycles. The van der Waals surface area contributed by atoms with Crippen molar-refractivity contribution < 1.29 is 9.47 Å². The van der Waals surface area contributed by atoms with E-state index in [1.165, 1.54) is 6.26 Å². The Morgan fingerprint density at radius 1 is 1.35 bits per heavy atom. The summed E-state index contributed by atoms with van der Waals surface area (Å²) in [5.74, 6) is 0.757. The van der Waals surface area contributed by atoms with Gasteiger partial charge in [0.05, 0.1) is 25.6 Å². The first-order chi connectivity index (χ1) is 12.6. The minimum atomic E-state index is 0.292. The van der Waals surface area contributed by atoms with Crippen LogP contribution in [0.15, 0.2) is 81.7 Å². The Hall–Kier alpha value is -2.99. The van der Waals surface area contributed by atoms with E-state index >= 15 is 0 Å². The smallest absolute Gasteiger partial charge is 0.314 e. The summed E-state index contributed by atoms with van der Waals surface area (Å²) in [6, 6.07) is 7.61. The number of hydrogen-bond donors (Lipinski definition) is 1. The van der Waals surface area contributed by atoms with Gasteiger partial charge in [0, 0.05) is 16.9 Å². The molecule has 0 radical (unpaired) electrons. The molecule has 1 aromatic carbocycles. The molecule has 1 aliphatic rings. The number of hydrogen-bond acceptors (Lipinski definition) is 5. The van der Waals surface area contributed by atoms with Crippen LogP contribution in [-0.4, -0.2) is 31.4 Å². The van der Waals surface area contributed by atoms with Crippen molar-refractivity contribution in [1.29, 1.82) is 0 Å². The molecule has 0 amide bonds. The van der Waals surface area contributed by atoms with Crippen LogP contribution in [0.25, 0.3) is 0 Å². The van der Waals surface area contributed by atoms with E-state index in [0.29, 0.717) is 23.3 Å². The number of aliphatic imine (C=N–C) groups is 2. The minimum Gasteiger partial charge on any atom is -0.497 e. The minimum absolute atomic E-state index is 0.292. The van der Waals surface area contributed by atoms with Gasteiger partial charge in [0.15, 0.2) is 0 Å². The topological polar surface area (TPSA) is 58.5 Å². The van der Waals surface area contributed by atoms with Crippen LogP contribution >= 0.6 is 11.6 Å². The van der Waals surface area contributed by atoms with Crippen LogP contribution in [0.1, 0.15) is 6.92 Å². The Morgan fingerprint density at radius 3 is 2.77 bits per heavy atom. The second kappa shape index (κ2) is 10.1. The van der Waals surface area contributed by atoms with E-state index in [1.54, 1.807) is 24.3 Å². The van der Waals surface area contributed by atoms with Crippen LogP contribution in [0.2, 0.25) is 0 Å². The van der Waals surface area contributed by atoms with Crippen molar-refractivity contribution >= 4 is 30.0 Å². The lowest BCUT2D eigenvalue weighted by Gasteiger charge is -2.23. The lowest BCUT2D eigenvalue weighted by molar-refractivity contribution is 0.312. The third-order valence-corrected chi connectivity index (χ3v) is 3.50. The highest BCUT2D eigenvalue weighted by atomic mass is 35.5. The van der Waals surface area contributed by atoms with Crippen molar-refractivity contribution in [1.82, 2.24) is 10.4 Å². The van der Waals surface area contributed by atoms with Gasteiger partial charge in [0.2, 0.25) is 0 Å². The van der Waals surface area contributed by atoms with E-state index in [9.17, 15) is 0 Å². The molecule has 0 atom stereocenters. The molecule has 7 heteroatoms. The molecule has 0 bridgehead atoms. The largest absolute Gasteiger partial charge is 0.497 e. The Balaban J connectivity index is 2.13. The molecular formula is C19H21ClN4O2. The zero-order chi connectivity index (χ0) is 18.8. The van der Waals surface area contributed by atoms with Crippen molar-refractivity contribution in [2.75, 3.05) is 13.7 Å². The summed E-state index contributed by atoms with van der Waals surface area (Å²) in [4.78, 5) is 8.27. The highest BCUT2D eigenvalue weighted by Gasteiger charge is 2.09. The Bertz CT molecular complexity index is 764. The molecule has 2 rings (SSSR count). The predicted octanol–water partition coefficient (Wildman–Crippen LogP) is 4.27. The van der Waals surface area contributed by atoms with Gasteiger partial charge < -0.3 is 9.47 Å². The van der Waals surface area contributed by atoms with Crippen LogP contribution in [0, 0.1) is 0 Å². The molecule has 136 valence electrons. The van der Waals surface area contributed by atoms with Gasteiger partial charge in [-0.1, -0.05) is 11.6 Å². The van der Waals surface area contributed by atoms with Gasteiger partial charge in [-0.2, -0.15) is 4.99 Å². The number of amidine groups is 1. The van der Waals surface area contributed by atoms with Gasteiger partial charge in [0.1, 0.15) is 5.75 Å². The number of methoxy groups -OCH3 is 1. The second-order valence-electron chi connectivity index (χ2n) is 5.22. The number of ether oxygens (including phenoxy) is 2. The highest BCUT2D eigenvalue weighted by molar-refractivity contribution is 6.30. The Labute approximate surface area is 158 Å². The molecule has 0 unspecified atom stereocenters. The lowest BCUT2D eigenvalue weighted by atomic mass is 10.3. The molecule has 0 saturated carbocycles. The third kappa shape index (κ3) is 6.49. The van der Waals surface area contributed by atoms with Crippen LogP contribution < -0.4 is 10.2 Å². The molecule has 6 nitrogen and oxygen atoms in total. The van der Waals surface area contributed by atoms with Gasteiger partial charge in [-0.15, -0.1) is 0 Å². The number of halogens is 1. The van der Waals surface area contributed by atoms with Crippen LogP contribution in [0.3, 0.4) is 0 Å². The fraction of sp³-hybridized carbons (Fsp3) is 0.158. The summed E-state index contributed by atoms with van der Waals surface area (Å²) in [6.45, 7) is 5.81. The van der Waals surface area contributed by atoms with Gasteiger partial charge in [-0.25, -0.2) is 0 Å². The molecule has 0 aliphatic carbocycles. The normalized spacial score (nSPS) is 15.0. The quantitative estimate of drug-likeness (QED) is 0.350. The van der Waals surface area contributed by atoms with Crippen LogP contribution in [-0.2, 0) is 4.74 Å². The summed E-state index contributed by atoms with van der Waals surface area (Å²) in [6.07, 6.45) is 10.5. The second-order valence-corrected chi connectivity index (χ2v) is 5.71. The maximum absolute atomic E-state index is 6.06. The Kier molecular flexibility index (Phi) is 7.51. The van der Waals surface area contributed by atoms with E-state index in [4.69, 9.17) is 21.1 Å². The molecule has 1 aliphatic heterocycles. The van der Waals surface area contributed by atoms with Crippen molar-refractivity contribution in [2.45, 2.75) is 6.92 Å². The lowest BCUT2D eigenvalue weighted by Crippen LogP contribution is -2.40. The number of hydrazine groups is 1. The fourth-order valence-electron chi connectivity index (χ4n) is 1.91. The van der Waals surface area contributed by atoms with Crippen LogP contribution in [0.5, 0.6) is 5.75 Å². The molecular weight excluding hydrogens is 352 g/mol. The van der Waals surface area contributed by atoms with E-state index in [1.807, 2.05) is 49.5 Å². The average Bonchev–Trinajstić information content (AvgIpc) is 2.65. The zero-order valence-electron chi connectivity index (χ0n) is 14.7. The highest BCUT2D eigenvalue weighted by Crippen LogP contribution is 2.18. The van der Waals surface area contributed by atoms with E-state index in [-0.39, 0.29) is 0 Å². The van der Waals surface area contributed by atoms with E-state index < -0.39 is 0 Å². The average molecular weight is 373 g/mol. The molecule has 1 N–H and O–H groups in total. The molecule has 1 aromatic rings. The number of allylic oxidation sites excluding steroid dienone is 5. The van der Waals surface area contributed by atoms with Gasteiger partial charge in [-0.05, 0) is 62.2 Å². The van der Waals surface area contributed by atoms with E-state index in [2.05, 4.69) is 22.1 Å². The predicted molar refractivity (Wildman–Crippen MR) is 107 cm³/mol. The Morgan fingerprint density at radius 2 is 2.12 bits per heavy atom. The number of rotatable bonds is 6. The monoisotopic (exact) mass is 372 g/mol. The fourth-order valence-corrected chi connectivity index (χ4v) is 2.11. The summed E-state index contributed by atoms with van der Waals surface area (Å²) in [5.41, 5.74) is 4.57. The molecule has 0 aromatic heterocycles.